The molecule has 1 aliphatic heterocycles. The number of furan rings is 1. The maximum atomic E-state index is 12.8. The summed E-state index contributed by atoms with van der Waals surface area (Å²) in [6, 6.07) is 6.78. The molecule has 0 amide bonds. The number of phenols is 2. The van der Waals surface area contributed by atoms with Crippen LogP contribution in [0.2, 0.25) is 0 Å². The third-order valence-electron chi connectivity index (χ3n) is 5.63. The molecule has 0 aliphatic carbocycles. The van der Waals surface area contributed by atoms with Crippen molar-refractivity contribution >= 4 is 16.8 Å². The molecule has 6 heteroatoms. The highest BCUT2D eigenvalue weighted by Gasteiger charge is 2.38. The Bertz CT molecular complexity index is 1200. The van der Waals surface area contributed by atoms with Crippen LogP contribution in [-0.4, -0.2) is 32.8 Å². The number of phenolic OH excluding ortho intramolecular Hbond substituents is 2. The second-order valence-electron chi connectivity index (χ2n) is 8.84. The zero-order valence-corrected chi connectivity index (χ0v) is 18.0. The van der Waals surface area contributed by atoms with E-state index in [9.17, 15) is 20.1 Å². The molecule has 3 aromatic rings. The second kappa shape index (κ2) is 7.46. The minimum atomic E-state index is -1.21. The molecule has 0 saturated carbocycles. The van der Waals surface area contributed by atoms with Crippen molar-refractivity contribution in [2.45, 2.75) is 52.2 Å². The number of aromatic hydroxyl groups is 2. The summed E-state index contributed by atoms with van der Waals surface area (Å²) >= 11 is 0. The standard InChI is InChI=1S/C25H26O6/c1-13(2)5-6-15-9-14(7-8-17(15)26)16-12-30-19-11-20-23(24(28)22(16)19)18(27)10-21(31-20)25(3,4)29/h5,7-9,11-12,21,26,28-29H,6,10H2,1-4H3. The minimum absolute atomic E-state index is 0.0329. The lowest BCUT2D eigenvalue weighted by atomic mass is 9.89. The van der Waals surface area contributed by atoms with E-state index in [4.69, 9.17) is 9.15 Å². The molecule has 0 bridgehead atoms. The number of carbonyl (C=O) groups is 1. The number of Topliss-reactive ketones (excluding diaryl/α,β-unsaturated/α-hetero) is 1. The zero-order valence-electron chi connectivity index (χ0n) is 18.0. The molecule has 1 atom stereocenters. The fraction of sp³-hybridized carbons (Fsp3) is 0.320. The highest BCUT2D eigenvalue weighted by Crippen LogP contribution is 2.46. The van der Waals surface area contributed by atoms with Crippen LogP contribution in [0.3, 0.4) is 0 Å². The van der Waals surface area contributed by atoms with Crippen molar-refractivity contribution < 1.29 is 29.3 Å². The third kappa shape index (κ3) is 3.79. The average molecular weight is 422 g/mol. The highest BCUT2D eigenvalue weighted by molar-refractivity contribution is 6.11. The van der Waals surface area contributed by atoms with Gasteiger partial charge in [-0.1, -0.05) is 17.7 Å². The molecule has 4 rings (SSSR count). The molecule has 0 spiro atoms. The van der Waals surface area contributed by atoms with Crippen LogP contribution in [-0.2, 0) is 6.42 Å². The molecule has 2 heterocycles. The lowest BCUT2D eigenvalue weighted by Gasteiger charge is -2.33. The van der Waals surface area contributed by atoms with Crippen molar-refractivity contribution in [1.82, 2.24) is 0 Å². The third-order valence-corrected chi connectivity index (χ3v) is 5.63. The first-order valence-corrected chi connectivity index (χ1v) is 10.2. The van der Waals surface area contributed by atoms with Crippen LogP contribution in [0.15, 0.2) is 46.6 Å². The summed E-state index contributed by atoms with van der Waals surface area (Å²) in [4.78, 5) is 12.8. The number of allylic oxidation sites excluding steroid dienone is 2. The number of ketones is 1. The molecular weight excluding hydrogens is 396 g/mol. The number of rotatable bonds is 4. The fourth-order valence-electron chi connectivity index (χ4n) is 3.82. The van der Waals surface area contributed by atoms with Gasteiger partial charge in [0.15, 0.2) is 5.78 Å². The second-order valence-corrected chi connectivity index (χ2v) is 8.84. The number of carbonyl (C=O) groups excluding carboxylic acids is 1. The van der Waals surface area contributed by atoms with Gasteiger partial charge in [0.25, 0.3) is 0 Å². The highest BCUT2D eigenvalue weighted by atomic mass is 16.5. The van der Waals surface area contributed by atoms with Crippen LogP contribution in [0.25, 0.3) is 22.1 Å². The van der Waals surface area contributed by atoms with Gasteiger partial charge in [0.05, 0.1) is 23.7 Å². The maximum absolute atomic E-state index is 12.8. The molecule has 0 fully saturated rings. The number of fused-ring (bicyclic) bond motifs is 2. The Morgan fingerprint density at radius 3 is 2.65 bits per heavy atom. The van der Waals surface area contributed by atoms with Gasteiger partial charge < -0.3 is 24.5 Å². The molecular formula is C25H26O6. The van der Waals surface area contributed by atoms with E-state index < -0.39 is 11.7 Å². The van der Waals surface area contributed by atoms with Crippen LogP contribution in [0.1, 0.15) is 50.0 Å². The minimum Gasteiger partial charge on any atom is -0.508 e. The quantitative estimate of drug-likeness (QED) is 0.504. The SMILES string of the molecule is CC(C)=CCc1cc(-c2coc3cc4c(c(O)c23)C(=O)CC(C(C)(C)O)O4)ccc1O. The van der Waals surface area contributed by atoms with Crippen LogP contribution < -0.4 is 4.74 Å². The average Bonchev–Trinajstić information content (AvgIpc) is 3.10. The normalized spacial score (nSPS) is 16.2. The summed E-state index contributed by atoms with van der Waals surface area (Å²) in [6.07, 6.45) is 3.37. The van der Waals surface area contributed by atoms with Crippen LogP contribution in [0.5, 0.6) is 17.2 Å². The summed E-state index contributed by atoms with van der Waals surface area (Å²) in [5.41, 5.74) is 2.52. The topological polar surface area (TPSA) is 100 Å². The molecule has 1 aliphatic rings. The van der Waals surface area contributed by atoms with Gasteiger partial charge in [0.2, 0.25) is 0 Å². The number of ether oxygens (including phenoxy) is 1. The fourth-order valence-corrected chi connectivity index (χ4v) is 3.82. The predicted octanol–water partition coefficient (Wildman–Crippen LogP) is 5.12. The summed E-state index contributed by atoms with van der Waals surface area (Å²) in [5.74, 6) is -0.106. The van der Waals surface area contributed by atoms with Crippen molar-refractivity contribution in [3.05, 3.63) is 53.3 Å². The van der Waals surface area contributed by atoms with Gasteiger partial charge in [-0.25, -0.2) is 0 Å². The molecule has 162 valence electrons. The number of aliphatic hydroxyl groups is 1. The van der Waals surface area contributed by atoms with Gasteiger partial charge in [0, 0.05) is 11.6 Å². The van der Waals surface area contributed by atoms with Crippen LogP contribution in [0.4, 0.5) is 0 Å². The molecule has 1 unspecified atom stereocenters. The van der Waals surface area contributed by atoms with Crippen molar-refractivity contribution in [1.29, 1.82) is 0 Å². The molecule has 31 heavy (non-hydrogen) atoms. The van der Waals surface area contributed by atoms with Gasteiger partial charge in [-0.3, -0.25) is 4.79 Å². The Morgan fingerprint density at radius 1 is 1.23 bits per heavy atom. The van der Waals surface area contributed by atoms with Crippen molar-refractivity contribution in [3.8, 4) is 28.4 Å². The smallest absolute Gasteiger partial charge is 0.174 e. The molecule has 0 radical (unpaired) electrons. The van der Waals surface area contributed by atoms with Crippen molar-refractivity contribution in [3.63, 3.8) is 0 Å². The van der Waals surface area contributed by atoms with Gasteiger partial charge in [-0.2, -0.15) is 0 Å². The maximum Gasteiger partial charge on any atom is 0.174 e. The predicted molar refractivity (Wildman–Crippen MR) is 118 cm³/mol. The first kappa shape index (κ1) is 21.0. The van der Waals surface area contributed by atoms with E-state index in [-0.39, 0.29) is 35.0 Å². The van der Waals surface area contributed by atoms with E-state index >= 15 is 0 Å². The van der Waals surface area contributed by atoms with E-state index in [0.717, 1.165) is 16.7 Å². The Labute approximate surface area is 180 Å². The first-order chi connectivity index (χ1) is 14.6. The van der Waals surface area contributed by atoms with E-state index in [2.05, 4.69) is 0 Å². The largest absolute Gasteiger partial charge is 0.508 e. The van der Waals surface area contributed by atoms with E-state index in [1.807, 2.05) is 26.0 Å². The number of benzene rings is 2. The number of hydrogen-bond acceptors (Lipinski definition) is 6. The van der Waals surface area contributed by atoms with E-state index in [1.165, 1.54) is 6.26 Å². The van der Waals surface area contributed by atoms with Crippen LogP contribution in [0, 0.1) is 0 Å². The summed E-state index contributed by atoms with van der Waals surface area (Å²) in [6.45, 7) is 7.15. The summed E-state index contributed by atoms with van der Waals surface area (Å²) < 4.78 is 11.5. The molecule has 0 saturated heterocycles. The van der Waals surface area contributed by atoms with Crippen molar-refractivity contribution in [2.24, 2.45) is 0 Å². The Balaban J connectivity index is 1.83. The first-order valence-electron chi connectivity index (χ1n) is 10.2. The van der Waals surface area contributed by atoms with Crippen LogP contribution >= 0.6 is 0 Å². The monoisotopic (exact) mass is 422 g/mol. The zero-order chi connectivity index (χ0) is 22.5. The molecule has 3 N–H and O–H groups in total. The van der Waals surface area contributed by atoms with Gasteiger partial charge in [-0.05, 0) is 57.4 Å². The lowest BCUT2D eigenvalue weighted by Crippen LogP contribution is -2.44. The van der Waals surface area contributed by atoms with E-state index in [1.54, 1.807) is 32.0 Å². The summed E-state index contributed by atoms with van der Waals surface area (Å²) in [7, 11) is 0. The van der Waals surface area contributed by atoms with Crippen molar-refractivity contribution in [2.75, 3.05) is 0 Å². The number of hydrogen-bond donors (Lipinski definition) is 3. The Morgan fingerprint density at radius 2 is 1.97 bits per heavy atom. The molecule has 1 aromatic heterocycles. The Hall–Kier alpha value is -3.25. The van der Waals surface area contributed by atoms with Gasteiger partial charge in [0.1, 0.15) is 34.5 Å². The lowest BCUT2D eigenvalue weighted by molar-refractivity contribution is -0.0381. The molecule has 6 nitrogen and oxygen atoms in total. The molecule has 2 aromatic carbocycles. The Kier molecular flexibility index (Phi) is 5.06. The van der Waals surface area contributed by atoms with Gasteiger partial charge in [-0.15, -0.1) is 0 Å². The van der Waals surface area contributed by atoms with E-state index in [0.29, 0.717) is 23.0 Å². The van der Waals surface area contributed by atoms with Gasteiger partial charge >= 0.3 is 0 Å². The summed E-state index contributed by atoms with van der Waals surface area (Å²) in [5, 5.41) is 31.9.